The molecule has 1 aliphatic rings. The summed E-state index contributed by atoms with van der Waals surface area (Å²) in [6.45, 7) is 3.09. The number of guanidine groups is 1. The van der Waals surface area contributed by atoms with Gasteiger partial charge in [-0.05, 0) is 19.8 Å². The van der Waals surface area contributed by atoms with Gasteiger partial charge in [0.05, 0.1) is 0 Å². The highest BCUT2D eigenvalue weighted by Crippen LogP contribution is 2.13. The van der Waals surface area contributed by atoms with Crippen molar-refractivity contribution in [3.63, 3.8) is 0 Å². The number of nitrogens with one attached hydrogen (secondary N) is 1. The van der Waals surface area contributed by atoms with Gasteiger partial charge in [0.1, 0.15) is 6.04 Å². The van der Waals surface area contributed by atoms with Gasteiger partial charge in [0.15, 0.2) is 0 Å². The Morgan fingerprint density at radius 3 is 2.40 bits per heavy atom. The van der Waals surface area contributed by atoms with E-state index in [4.69, 9.17) is 16.2 Å². The summed E-state index contributed by atoms with van der Waals surface area (Å²) >= 11 is 0. The molecule has 0 radical (unpaired) electrons. The van der Waals surface area contributed by atoms with Crippen molar-refractivity contribution in [2.45, 2.75) is 32.2 Å². The van der Waals surface area contributed by atoms with Gasteiger partial charge in [0, 0.05) is 13.1 Å². The van der Waals surface area contributed by atoms with Crippen LogP contribution in [-0.4, -0.2) is 46.2 Å². The van der Waals surface area contributed by atoms with E-state index in [1.165, 1.54) is 5.01 Å². The van der Waals surface area contributed by atoms with Crippen LogP contribution >= 0.6 is 0 Å². The Hall–Kier alpha value is -1.30. The minimum atomic E-state index is -0.962. The molecule has 0 aromatic rings. The predicted molar refractivity (Wildman–Crippen MR) is 56.3 cm³/mol. The lowest BCUT2D eigenvalue weighted by atomic mass is 10.1. The lowest BCUT2D eigenvalue weighted by molar-refractivity contribution is -0.147. The third-order valence-corrected chi connectivity index (χ3v) is 2.61. The number of carboxylic acids is 1. The summed E-state index contributed by atoms with van der Waals surface area (Å²) in [5.74, 6) is -1.16. The molecule has 0 bridgehead atoms. The van der Waals surface area contributed by atoms with Crippen LogP contribution in [0.5, 0.6) is 0 Å². The molecule has 1 aliphatic heterocycles. The molecular weight excluding hydrogens is 196 g/mol. The van der Waals surface area contributed by atoms with E-state index < -0.39 is 12.0 Å². The molecule has 1 fully saturated rings. The third kappa shape index (κ3) is 2.82. The van der Waals surface area contributed by atoms with Gasteiger partial charge in [-0.3, -0.25) is 10.4 Å². The van der Waals surface area contributed by atoms with Gasteiger partial charge in [-0.15, -0.1) is 0 Å². The number of carboxylic acid groups (broad SMARTS) is 1. The van der Waals surface area contributed by atoms with Gasteiger partial charge in [-0.1, -0.05) is 6.42 Å². The summed E-state index contributed by atoms with van der Waals surface area (Å²) < 4.78 is 0. The molecule has 4 N–H and O–H groups in total. The molecule has 0 aromatic heterocycles. The zero-order valence-corrected chi connectivity index (χ0v) is 8.94. The monoisotopic (exact) mass is 214 g/mol. The first-order valence-electron chi connectivity index (χ1n) is 5.15. The van der Waals surface area contributed by atoms with E-state index in [1.54, 1.807) is 6.92 Å². The van der Waals surface area contributed by atoms with Gasteiger partial charge >= 0.3 is 5.97 Å². The Morgan fingerprint density at radius 1 is 1.47 bits per heavy atom. The van der Waals surface area contributed by atoms with Crippen molar-refractivity contribution in [2.24, 2.45) is 5.73 Å². The quantitative estimate of drug-likeness (QED) is 0.456. The van der Waals surface area contributed by atoms with E-state index in [0.29, 0.717) is 0 Å². The molecule has 6 heteroatoms. The van der Waals surface area contributed by atoms with Gasteiger partial charge in [-0.25, -0.2) is 9.80 Å². The van der Waals surface area contributed by atoms with Gasteiger partial charge < -0.3 is 10.8 Å². The fraction of sp³-hybridized carbons (Fsp3) is 0.778. The first-order chi connectivity index (χ1) is 7.04. The van der Waals surface area contributed by atoms with Crippen LogP contribution < -0.4 is 5.73 Å². The molecule has 15 heavy (non-hydrogen) atoms. The van der Waals surface area contributed by atoms with E-state index in [9.17, 15) is 4.79 Å². The summed E-state index contributed by atoms with van der Waals surface area (Å²) in [5.41, 5.74) is 5.41. The van der Waals surface area contributed by atoms with Gasteiger partial charge in [0.2, 0.25) is 5.96 Å². The summed E-state index contributed by atoms with van der Waals surface area (Å²) in [5, 5.41) is 19.5. The van der Waals surface area contributed by atoms with Crippen molar-refractivity contribution in [3.8, 4) is 0 Å². The van der Waals surface area contributed by atoms with Crippen LogP contribution in [0.3, 0.4) is 0 Å². The van der Waals surface area contributed by atoms with Crippen LogP contribution in [0.2, 0.25) is 0 Å². The van der Waals surface area contributed by atoms with E-state index in [1.807, 2.05) is 5.01 Å². The molecule has 0 saturated carbocycles. The SMILES string of the molecule is C[C@@H](C(=O)O)N(C(=N)N)N1CCCCC1. The highest BCUT2D eigenvalue weighted by molar-refractivity contribution is 5.82. The number of carbonyl (C=O) groups is 1. The molecule has 0 aliphatic carbocycles. The molecule has 0 aromatic carbocycles. The van der Waals surface area contributed by atoms with Crippen molar-refractivity contribution in [2.75, 3.05) is 13.1 Å². The smallest absolute Gasteiger partial charge is 0.327 e. The molecule has 86 valence electrons. The normalized spacial score (nSPS) is 19.5. The molecule has 6 nitrogen and oxygen atoms in total. The molecule has 1 heterocycles. The number of aliphatic carboxylic acids is 1. The standard InChI is InChI=1S/C9H18N4O2/c1-7(8(14)15)13(9(10)11)12-5-3-2-4-6-12/h7H,2-6H2,1H3,(H3,10,11)(H,14,15)/t7-/m0/s1. The van der Waals surface area contributed by atoms with Crippen LogP contribution in [0.4, 0.5) is 0 Å². The summed E-state index contributed by atoms with van der Waals surface area (Å²) in [7, 11) is 0. The molecule has 1 rings (SSSR count). The average molecular weight is 214 g/mol. The van der Waals surface area contributed by atoms with Crippen molar-refractivity contribution in [3.05, 3.63) is 0 Å². The molecule has 0 spiro atoms. The Kier molecular flexibility index (Phi) is 3.90. The second-order valence-corrected chi connectivity index (χ2v) is 3.76. The minimum absolute atomic E-state index is 0.202. The lowest BCUT2D eigenvalue weighted by Crippen LogP contribution is -2.57. The molecule has 1 saturated heterocycles. The maximum Gasteiger partial charge on any atom is 0.327 e. The van der Waals surface area contributed by atoms with Crippen molar-refractivity contribution in [1.29, 1.82) is 5.41 Å². The lowest BCUT2D eigenvalue weighted by Gasteiger charge is -2.39. The maximum absolute atomic E-state index is 10.9. The van der Waals surface area contributed by atoms with Crippen LogP contribution in [0.25, 0.3) is 0 Å². The molecular formula is C9H18N4O2. The highest BCUT2D eigenvalue weighted by Gasteiger charge is 2.28. The number of nitrogens with two attached hydrogens (primary N) is 1. The summed E-state index contributed by atoms with van der Waals surface area (Å²) in [6, 6.07) is -0.777. The van der Waals surface area contributed by atoms with Crippen LogP contribution in [0, 0.1) is 5.41 Å². The Bertz CT molecular complexity index is 250. The number of hydrogen-bond acceptors (Lipinski definition) is 3. The van der Waals surface area contributed by atoms with Crippen molar-refractivity contribution < 1.29 is 9.90 Å². The van der Waals surface area contributed by atoms with E-state index in [0.717, 1.165) is 32.4 Å². The maximum atomic E-state index is 10.9. The number of rotatable bonds is 3. The Balaban J connectivity index is 2.71. The van der Waals surface area contributed by atoms with Gasteiger partial charge in [0.25, 0.3) is 0 Å². The summed E-state index contributed by atoms with van der Waals surface area (Å²) in [4.78, 5) is 10.9. The number of hydrogen-bond donors (Lipinski definition) is 3. The minimum Gasteiger partial charge on any atom is -0.480 e. The predicted octanol–water partition coefficient (Wildman–Crippen LogP) is 0.0559. The first kappa shape index (κ1) is 11.8. The average Bonchev–Trinajstić information content (AvgIpc) is 2.18. The van der Waals surface area contributed by atoms with Crippen molar-refractivity contribution in [1.82, 2.24) is 10.0 Å². The third-order valence-electron chi connectivity index (χ3n) is 2.61. The van der Waals surface area contributed by atoms with E-state index in [2.05, 4.69) is 0 Å². The molecule has 0 amide bonds. The molecule has 1 atom stereocenters. The number of hydrazine groups is 1. The molecule has 0 unspecified atom stereocenters. The summed E-state index contributed by atoms with van der Waals surface area (Å²) in [6.07, 6.45) is 3.20. The first-order valence-corrected chi connectivity index (χ1v) is 5.15. The fourth-order valence-electron chi connectivity index (χ4n) is 1.80. The zero-order chi connectivity index (χ0) is 11.4. The highest BCUT2D eigenvalue weighted by atomic mass is 16.4. The second-order valence-electron chi connectivity index (χ2n) is 3.76. The zero-order valence-electron chi connectivity index (χ0n) is 8.94. The van der Waals surface area contributed by atoms with Crippen molar-refractivity contribution >= 4 is 11.9 Å². The van der Waals surface area contributed by atoms with Gasteiger partial charge in [-0.2, -0.15) is 0 Å². The van der Waals surface area contributed by atoms with Crippen LogP contribution in [0.15, 0.2) is 0 Å². The second kappa shape index (κ2) is 4.97. The van der Waals surface area contributed by atoms with E-state index >= 15 is 0 Å². The number of nitrogens with zero attached hydrogens (tertiary/aromatic N) is 2. The Labute approximate surface area is 89.1 Å². The largest absolute Gasteiger partial charge is 0.480 e. The van der Waals surface area contributed by atoms with Crippen LogP contribution in [-0.2, 0) is 4.79 Å². The topological polar surface area (TPSA) is 93.6 Å². The fourth-order valence-corrected chi connectivity index (χ4v) is 1.80. The van der Waals surface area contributed by atoms with Crippen LogP contribution in [0.1, 0.15) is 26.2 Å². The Morgan fingerprint density at radius 2 is 2.00 bits per heavy atom. The van der Waals surface area contributed by atoms with E-state index in [-0.39, 0.29) is 5.96 Å². The number of piperidine rings is 1.